The molecule has 4 nitrogen and oxygen atoms in total. The van der Waals surface area contributed by atoms with Crippen molar-refractivity contribution in [2.24, 2.45) is 4.99 Å². The Morgan fingerprint density at radius 1 is 1.16 bits per heavy atom. The van der Waals surface area contributed by atoms with E-state index in [9.17, 15) is 14.3 Å². The van der Waals surface area contributed by atoms with Crippen molar-refractivity contribution < 1.29 is 19.0 Å². The first-order valence-electron chi connectivity index (χ1n) is 7.39. The summed E-state index contributed by atoms with van der Waals surface area (Å²) in [5, 5.41) is 10.8. The second-order valence-electron chi connectivity index (χ2n) is 5.13. The highest BCUT2D eigenvalue weighted by Gasteiger charge is 2.32. The number of nitrogens with zero attached hydrogens (tertiary/aromatic N) is 1. The molecule has 1 N–H and O–H groups in total. The van der Waals surface area contributed by atoms with E-state index in [-0.39, 0.29) is 17.1 Å². The molecule has 2 aromatic rings. The Morgan fingerprint density at radius 3 is 2.48 bits per heavy atom. The number of esters is 1. The van der Waals surface area contributed by atoms with Gasteiger partial charge in [-0.2, -0.15) is 0 Å². The predicted octanol–water partition coefficient (Wildman–Crippen LogP) is 4.63. The molecule has 126 valence electrons. The Hall–Kier alpha value is -2.86. The van der Waals surface area contributed by atoms with E-state index in [1.165, 1.54) is 19.2 Å². The topological polar surface area (TPSA) is 58.9 Å². The lowest BCUT2D eigenvalue weighted by Crippen LogP contribution is -2.10. The Morgan fingerprint density at radius 2 is 1.84 bits per heavy atom. The van der Waals surface area contributed by atoms with Crippen molar-refractivity contribution in [3.63, 3.8) is 0 Å². The van der Waals surface area contributed by atoms with E-state index in [2.05, 4.69) is 4.99 Å². The zero-order valence-corrected chi connectivity index (χ0v) is 14.1. The minimum absolute atomic E-state index is 0.0183. The summed E-state index contributed by atoms with van der Waals surface area (Å²) in [5.41, 5.74) is 1.37. The van der Waals surface area contributed by atoms with Gasteiger partial charge in [-0.15, -0.1) is 0 Å². The molecule has 0 bridgehead atoms. The van der Waals surface area contributed by atoms with Crippen LogP contribution < -0.4 is 0 Å². The van der Waals surface area contributed by atoms with E-state index < -0.39 is 5.97 Å². The first-order valence-corrected chi connectivity index (χ1v) is 8.21. The number of methoxy groups -OCH3 is 1. The smallest absolute Gasteiger partial charge is 0.344 e. The molecule has 0 saturated carbocycles. The summed E-state index contributed by atoms with van der Waals surface area (Å²) in [6.45, 7) is 0. The van der Waals surface area contributed by atoms with Gasteiger partial charge in [-0.3, -0.25) is 0 Å². The lowest BCUT2D eigenvalue weighted by molar-refractivity contribution is -0.135. The van der Waals surface area contributed by atoms with Gasteiger partial charge in [0.05, 0.1) is 17.7 Å². The highest BCUT2D eigenvalue weighted by atomic mass is 32.2. The van der Waals surface area contributed by atoms with Crippen LogP contribution in [-0.4, -0.2) is 23.2 Å². The highest BCUT2D eigenvalue weighted by molar-refractivity contribution is 8.18. The second kappa shape index (κ2) is 7.36. The Labute approximate surface area is 148 Å². The third-order valence-corrected chi connectivity index (χ3v) is 4.45. The van der Waals surface area contributed by atoms with Crippen molar-refractivity contribution in [3.8, 4) is 0 Å². The van der Waals surface area contributed by atoms with Crippen LogP contribution in [0.3, 0.4) is 0 Å². The summed E-state index contributed by atoms with van der Waals surface area (Å²) in [5.74, 6) is -1.21. The van der Waals surface area contributed by atoms with Gasteiger partial charge in [-0.05, 0) is 35.9 Å². The zero-order valence-electron chi connectivity index (χ0n) is 13.3. The van der Waals surface area contributed by atoms with E-state index in [4.69, 9.17) is 4.74 Å². The van der Waals surface area contributed by atoms with E-state index in [1.807, 2.05) is 18.2 Å². The van der Waals surface area contributed by atoms with Gasteiger partial charge in [-0.25, -0.2) is 14.2 Å². The number of para-hydroxylation sites is 1. The highest BCUT2D eigenvalue weighted by Crippen LogP contribution is 2.40. The number of halogens is 1. The Bertz CT molecular complexity index is 887. The molecule has 0 unspecified atom stereocenters. The van der Waals surface area contributed by atoms with Crippen LogP contribution in [0.4, 0.5) is 10.1 Å². The first-order chi connectivity index (χ1) is 12.1. The lowest BCUT2D eigenvalue weighted by Gasteiger charge is -2.01. The Balaban J connectivity index is 2.03. The average molecular weight is 355 g/mol. The summed E-state index contributed by atoms with van der Waals surface area (Å²) >= 11 is 1.16. The predicted molar refractivity (Wildman–Crippen MR) is 97.2 cm³/mol. The number of aliphatic hydroxyl groups is 1. The quantitative estimate of drug-likeness (QED) is 0.816. The van der Waals surface area contributed by atoms with Crippen molar-refractivity contribution in [3.05, 3.63) is 82.2 Å². The van der Waals surface area contributed by atoms with Crippen LogP contribution in [0.5, 0.6) is 0 Å². The minimum Gasteiger partial charge on any atom is -0.506 e. The summed E-state index contributed by atoms with van der Waals surface area (Å²) in [7, 11) is 1.25. The summed E-state index contributed by atoms with van der Waals surface area (Å²) < 4.78 is 17.8. The molecule has 3 rings (SSSR count). The van der Waals surface area contributed by atoms with Crippen molar-refractivity contribution >= 4 is 34.5 Å². The van der Waals surface area contributed by atoms with Gasteiger partial charge < -0.3 is 9.84 Å². The van der Waals surface area contributed by atoms with Crippen LogP contribution in [0.2, 0.25) is 0 Å². The van der Waals surface area contributed by atoms with E-state index in [0.29, 0.717) is 21.2 Å². The van der Waals surface area contributed by atoms with Gasteiger partial charge in [0, 0.05) is 0 Å². The maximum absolute atomic E-state index is 13.0. The second-order valence-corrected chi connectivity index (χ2v) is 6.16. The molecular weight excluding hydrogens is 341 g/mol. The SMILES string of the molecule is COC(=O)C1=C(O)/C(=C/c2ccc(F)cc2)SC1=Nc1ccccc1. The van der Waals surface area contributed by atoms with Gasteiger partial charge >= 0.3 is 5.97 Å². The molecule has 0 fully saturated rings. The largest absolute Gasteiger partial charge is 0.506 e. The molecule has 2 aromatic carbocycles. The molecule has 1 aliphatic heterocycles. The van der Waals surface area contributed by atoms with E-state index >= 15 is 0 Å². The number of rotatable bonds is 3. The number of aliphatic imine (C=N–C) groups is 1. The molecule has 6 heteroatoms. The molecule has 0 spiro atoms. The van der Waals surface area contributed by atoms with Crippen molar-refractivity contribution in [1.29, 1.82) is 0 Å². The molecule has 0 amide bonds. The number of ether oxygens (including phenoxy) is 1. The molecule has 25 heavy (non-hydrogen) atoms. The number of carbonyl (C=O) groups excluding carboxylic acids is 1. The molecule has 1 heterocycles. The van der Waals surface area contributed by atoms with Crippen LogP contribution in [0.1, 0.15) is 5.56 Å². The third-order valence-electron chi connectivity index (χ3n) is 3.43. The molecule has 0 atom stereocenters. The van der Waals surface area contributed by atoms with Gasteiger partial charge in [0.1, 0.15) is 22.2 Å². The van der Waals surface area contributed by atoms with Gasteiger partial charge in [-0.1, -0.05) is 42.1 Å². The number of benzene rings is 2. The van der Waals surface area contributed by atoms with Crippen LogP contribution in [0, 0.1) is 5.82 Å². The molecule has 0 aliphatic carbocycles. The zero-order chi connectivity index (χ0) is 17.8. The van der Waals surface area contributed by atoms with Gasteiger partial charge in [0.2, 0.25) is 0 Å². The number of hydrogen-bond donors (Lipinski definition) is 1. The maximum Gasteiger partial charge on any atom is 0.344 e. The van der Waals surface area contributed by atoms with Crippen molar-refractivity contribution in [2.75, 3.05) is 7.11 Å². The molecule has 0 saturated heterocycles. The molecule has 1 aliphatic rings. The lowest BCUT2D eigenvalue weighted by atomic mass is 10.1. The number of aliphatic hydroxyl groups excluding tert-OH is 1. The fraction of sp³-hybridized carbons (Fsp3) is 0.0526. The summed E-state index contributed by atoms with van der Waals surface area (Å²) in [6.07, 6.45) is 1.66. The fourth-order valence-electron chi connectivity index (χ4n) is 2.22. The van der Waals surface area contributed by atoms with Crippen molar-refractivity contribution in [2.45, 2.75) is 0 Å². The van der Waals surface area contributed by atoms with E-state index in [1.54, 1.807) is 30.3 Å². The minimum atomic E-state index is -0.665. The normalized spacial score (nSPS) is 17.4. The van der Waals surface area contributed by atoms with E-state index in [0.717, 1.165) is 11.8 Å². The fourth-order valence-corrected chi connectivity index (χ4v) is 3.26. The molecular formula is C19H14FNO3S. The number of thioether (sulfide) groups is 1. The third kappa shape index (κ3) is 3.80. The van der Waals surface area contributed by atoms with Crippen LogP contribution >= 0.6 is 11.8 Å². The first kappa shape index (κ1) is 17.0. The standard InChI is InChI=1S/C19H14FNO3S/c1-24-19(23)16-17(22)15(11-12-7-9-13(20)10-8-12)25-18(16)21-14-5-3-2-4-6-14/h2-11,22H,1H3/b15-11-,21-18?. The average Bonchev–Trinajstić information content (AvgIpc) is 2.92. The monoisotopic (exact) mass is 355 g/mol. The number of hydrogen-bond acceptors (Lipinski definition) is 5. The van der Waals surface area contributed by atoms with Crippen molar-refractivity contribution in [1.82, 2.24) is 0 Å². The summed E-state index contributed by atoms with van der Waals surface area (Å²) in [6, 6.07) is 14.9. The molecule has 0 radical (unpaired) electrons. The number of carbonyl (C=O) groups is 1. The van der Waals surface area contributed by atoms with Gasteiger partial charge in [0.15, 0.2) is 0 Å². The maximum atomic E-state index is 13.0. The van der Waals surface area contributed by atoms with Crippen LogP contribution in [0.25, 0.3) is 6.08 Å². The van der Waals surface area contributed by atoms with Crippen LogP contribution in [0.15, 0.2) is 75.8 Å². The molecule has 0 aromatic heterocycles. The summed E-state index contributed by atoms with van der Waals surface area (Å²) in [4.78, 5) is 16.9. The Kier molecular flexibility index (Phi) is 5.00. The van der Waals surface area contributed by atoms with Crippen LogP contribution in [-0.2, 0) is 9.53 Å². The van der Waals surface area contributed by atoms with Gasteiger partial charge in [0.25, 0.3) is 0 Å².